The van der Waals surface area contributed by atoms with Crippen LogP contribution in [-0.4, -0.2) is 28.0 Å². The van der Waals surface area contributed by atoms with E-state index < -0.39 is 0 Å². The van der Waals surface area contributed by atoms with Crippen LogP contribution in [0.2, 0.25) is 0 Å². The maximum absolute atomic E-state index is 5.72. The van der Waals surface area contributed by atoms with Gasteiger partial charge in [-0.1, -0.05) is 6.92 Å². The smallest absolute Gasteiger partial charge is 0.230 e. The summed E-state index contributed by atoms with van der Waals surface area (Å²) in [7, 11) is 0. The Morgan fingerprint density at radius 1 is 1.25 bits per heavy atom. The lowest BCUT2D eigenvalue weighted by atomic mass is 10.4. The summed E-state index contributed by atoms with van der Waals surface area (Å²) in [5.41, 5.74) is 5.72. The number of anilines is 2. The zero-order valence-electron chi connectivity index (χ0n) is 9.98. The molecule has 1 saturated carbocycles. The maximum Gasteiger partial charge on any atom is 0.230 e. The molecule has 88 valence electrons. The highest BCUT2D eigenvalue weighted by Gasteiger charge is 2.28. The van der Waals surface area contributed by atoms with Crippen molar-refractivity contribution in [3.05, 3.63) is 5.82 Å². The minimum atomic E-state index is 0.349. The quantitative estimate of drug-likeness (QED) is 0.817. The third-order valence-corrected chi connectivity index (χ3v) is 2.76. The molecule has 0 radical (unpaired) electrons. The third kappa shape index (κ3) is 2.40. The van der Waals surface area contributed by atoms with Gasteiger partial charge in [-0.25, -0.2) is 0 Å². The van der Waals surface area contributed by atoms with Gasteiger partial charge in [0.15, 0.2) is 0 Å². The lowest BCUT2D eigenvalue weighted by Gasteiger charge is -2.20. The summed E-state index contributed by atoms with van der Waals surface area (Å²) in [5.74, 6) is 2.47. The monoisotopic (exact) mass is 221 g/mol. The van der Waals surface area contributed by atoms with Crippen LogP contribution in [0.4, 0.5) is 11.9 Å². The Labute approximate surface area is 96.1 Å². The van der Waals surface area contributed by atoms with Gasteiger partial charge in [-0.3, -0.25) is 0 Å². The molecule has 1 heterocycles. The van der Waals surface area contributed by atoms with Crippen molar-refractivity contribution in [2.75, 3.05) is 23.7 Å². The van der Waals surface area contributed by atoms with E-state index in [0.29, 0.717) is 11.9 Å². The Kier molecular flexibility index (Phi) is 3.22. The van der Waals surface area contributed by atoms with Crippen LogP contribution in [0.1, 0.15) is 44.9 Å². The molecular weight excluding hydrogens is 202 g/mol. The predicted molar refractivity (Wildman–Crippen MR) is 64.4 cm³/mol. The molecule has 2 N–H and O–H groups in total. The van der Waals surface area contributed by atoms with E-state index in [9.17, 15) is 0 Å². The second-order valence-corrected chi connectivity index (χ2v) is 4.21. The first-order chi connectivity index (χ1) is 7.74. The SMILES string of the molecule is CCCN(CC)c1nc(N)nc(C2CC2)n1. The zero-order chi connectivity index (χ0) is 11.5. The van der Waals surface area contributed by atoms with E-state index in [4.69, 9.17) is 5.73 Å². The van der Waals surface area contributed by atoms with Gasteiger partial charge in [-0.05, 0) is 26.2 Å². The number of aromatic nitrogens is 3. The van der Waals surface area contributed by atoms with Crippen LogP contribution in [0.15, 0.2) is 0 Å². The molecule has 0 saturated heterocycles. The van der Waals surface area contributed by atoms with E-state index in [1.165, 1.54) is 12.8 Å². The molecule has 2 rings (SSSR count). The van der Waals surface area contributed by atoms with E-state index in [-0.39, 0.29) is 0 Å². The minimum Gasteiger partial charge on any atom is -0.368 e. The Bertz CT molecular complexity index is 361. The van der Waals surface area contributed by atoms with Gasteiger partial charge in [0.2, 0.25) is 11.9 Å². The molecule has 1 aromatic heterocycles. The van der Waals surface area contributed by atoms with E-state index >= 15 is 0 Å². The molecule has 0 amide bonds. The Balaban J connectivity index is 2.24. The predicted octanol–water partition coefficient (Wildman–Crippen LogP) is 1.57. The molecule has 1 fully saturated rings. The molecule has 1 aliphatic carbocycles. The average Bonchev–Trinajstić information content (AvgIpc) is 3.08. The number of nitrogens with two attached hydrogens (primary N) is 1. The van der Waals surface area contributed by atoms with Gasteiger partial charge in [-0.2, -0.15) is 15.0 Å². The van der Waals surface area contributed by atoms with Crippen molar-refractivity contribution in [1.82, 2.24) is 15.0 Å². The first kappa shape index (κ1) is 11.1. The summed E-state index contributed by atoms with van der Waals surface area (Å²) >= 11 is 0. The second kappa shape index (κ2) is 4.63. The van der Waals surface area contributed by atoms with Crippen LogP contribution in [0.5, 0.6) is 0 Å². The van der Waals surface area contributed by atoms with Gasteiger partial charge in [-0.15, -0.1) is 0 Å². The van der Waals surface area contributed by atoms with Crippen LogP contribution in [0, 0.1) is 0 Å². The highest BCUT2D eigenvalue weighted by molar-refractivity contribution is 5.35. The van der Waals surface area contributed by atoms with E-state index in [1.54, 1.807) is 0 Å². The van der Waals surface area contributed by atoms with Crippen LogP contribution >= 0.6 is 0 Å². The van der Waals surface area contributed by atoms with Crippen LogP contribution in [0.25, 0.3) is 0 Å². The van der Waals surface area contributed by atoms with Crippen molar-refractivity contribution in [3.63, 3.8) is 0 Å². The molecule has 1 aliphatic rings. The summed E-state index contributed by atoms with van der Waals surface area (Å²) in [6.07, 6.45) is 3.45. The van der Waals surface area contributed by atoms with Gasteiger partial charge in [0.1, 0.15) is 5.82 Å². The molecule has 0 atom stereocenters. The molecule has 0 aromatic carbocycles. The molecule has 16 heavy (non-hydrogen) atoms. The van der Waals surface area contributed by atoms with Gasteiger partial charge < -0.3 is 10.6 Å². The van der Waals surface area contributed by atoms with Crippen molar-refractivity contribution in [3.8, 4) is 0 Å². The largest absolute Gasteiger partial charge is 0.368 e. The molecule has 0 aliphatic heterocycles. The molecule has 0 unspecified atom stereocenters. The number of rotatable bonds is 5. The molecule has 5 heteroatoms. The lowest BCUT2D eigenvalue weighted by Crippen LogP contribution is -2.26. The first-order valence-electron chi connectivity index (χ1n) is 6.01. The van der Waals surface area contributed by atoms with Crippen molar-refractivity contribution in [2.24, 2.45) is 0 Å². The van der Waals surface area contributed by atoms with Gasteiger partial charge in [0.05, 0.1) is 0 Å². The first-order valence-corrected chi connectivity index (χ1v) is 6.01. The number of hydrogen-bond donors (Lipinski definition) is 1. The molecular formula is C11H19N5. The Hall–Kier alpha value is -1.39. The van der Waals surface area contributed by atoms with E-state index in [1.807, 2.05) is 0 Å². The van der Waals surface area contributed by atoms with Gasteiger partial charge in [0, 0.05) is 19.0 Å². The summed E-state index contributed by atoms with van der Waals surface area (Å²) in [6, 6.07) is 0. The van der Waals surface area contributed by atoms with E-state index in [2.05, 4.69) is 33.7 Å². The standard InChI is InChI=1S/C11H19N5/c1-3-7-16(4-2)11-14-9(8-5-6-8)13-10(12)15-11/h8H,3-7H2,1-2H3,(H2,12,13,14,15). The summed E-state index contributed by atoms with van der Waals surface area (Å²) in [4.78, 5) is 15.1. The Morgan fingerprint density at radius 3 is 2.56 bits per heavy atom. The van der Waals surface area contributed by atoms with Crippen molar-refractivity contribution in [2.45, 2.75) is 39.0 Å². The maximum atomic E-state index is 5.72. The minimum absolute atomic E-state index is 0.349. The van der Waals surface area contributed by atoms with Crippen molar-refractivity contribution < 1.29 is 0 Å². The fraction of sp³-hybridized carbons (Fsp3) is 0.727. The van der Waals surface area contributed by atoms with Gasteiger partial charge in [0.25, 0.3) is 0 Å². The topological polar surface area (TPSA) is 67.9 Å². The third-order valence-electron chi connectivity index (χ3n) is 2.76. The fourth-order valence-electron chi connectivity index (χ4n) is 1.73. The lowest BCUT2D eigenvalue weighted by molar-refractivity contribution is 0.746. The van der Waals surface area contributed by atoms with Crippen molar-refractivity contribution >= 4 is 11.9 Å². The summed E-state index contributed by atoms with van der Waals surface area (Å²) in [5, 5.41) is 0. The van der Waals surface area contributed by atoms with Gasteiger partial charge >= 0.3 is 0 Å². The Morgan fingerprint density at radius 2 is 2.00 bits per heavy atom. The highest BCUT2D eigenvalue weighted by atomic mass is 15.3. The van der Waals surface area contributed by atoms with Crippen LogP contribution in [-0.2, 0) is 0 Å². The fourth-order valence-corrected chi connectivity index (χ4v) is 1.73. The van der Waals surface area contributed by atoms with E-state index in [0.717, 1.165) is 31.3 Å². The molecule has 5 nitrogen and oxygen atoms in total. The zero-order valence-corrected chi connectivity index (χ0v) is 9.98. The van der Waals surface area contributed by atoms with Crippen LogP contribution in [0.3, 0.4) is 0 Å². The normalized spacial score (nSPS) is 15.1. The summed E-state index contributed by atoms with van der Waals surface area (Å²) in [6.45, 7) is 6.12. The number of hydrogen-bond acceptors (Lipinski definition) is 5. The molecule has 0 spiro atoms. The molecule has 0 bridgehead atoms. The van der Waals surface area contributed by atoms with Crippen molar-refractivity contribution in [1.29, 1.82) is 0 Å². The van der Waals surface area contributed by atoms with Crippen LogP contribution < -0.4 is 10.6 Å². The number of nitrogen functional groups attached to an aromatic ring is 1. The average molecular weight is 221 g/mol. The number of nitrogens with zero attached hydrogens (tertiary/aromatic N) is 4. The summed E-state index contributed by atoms with van der Waals surface area (Å²) < 4.78 is 0. The molecule has 1 aromatic rings. The second-order valence-electron chi connectivity index (χ2n) is 4.21. The highest BCUT2D eigenvalue weighted by Crippen LogP contribution is 2.38.